The number of nitrogens with zero attached hydrogens (tertiary/aromatic N) is 3. The van der Waals surface area contributed by atoms with E-state index in [1.807, 2.05) is 12.1 Å². The van der Waals surface area contributed by atoms with Gasteiger partial charge in [-0.25, -0.2) is 4.98 Å². The molecule has 1 aromatic heterocycles. The molecule has 0 unspecified atom stereocenters. The lowest BCUT2D eigenvalue weighted by Gasteiger charge is -2.18. The smallest absolute Gasteiger partial charge is 0.328 e. The summed E-state index contributed by atoms with van der Waals surface area (Å²) < 4.78 is 40.5. The monoisotopic (exact) mass is 490 g/mol. The standard InChI is InChI=1S/C27H21F3N4O2/c28-27(29,30)20-7-5-18(6-8-20)22-3-1-2-4-23(22)26(36)32-21-9-10-24-19(15-21)11-13-34(24)25(35)16-33-14-12-31-17-33/h1-10,12,14-15,17H,11,13,16H2,(H,32,36). The van der Waals surface area contributed by atoms with Crippen LogP contribution < -0.4 is 10.2 Å². The molecule has 0 aliphatic carbocycles. The van der Waals surface area contributed by atoms with Crippen LogP contribution in [0.4, 0.5) is 24.5 Å². The molecule has 6 nitrogen and oxygen atoms in total. The van der Waals surface area contributed by atoms with Gasteiger partial charge in [0, 0.05) is 35.9 Å². The highest BCUT2D eigenvalue weighted by molar-refractivity contribution is 6.09. The van der Waals surface area contributed by atoms with E-state index in [1.165, 1.54) is 12.1 Å². The number of benzene rings is 3. The van der Waals surface area contributed by atoms with E-state index in [2.05, 4.69) is 10.3 Å². The number of anilines is 2. The second-order valence-corrected chi connectivity index (χ2v) is 8.45. The van der Waals surface area contributed by atoms with Gasteiger partial charge >= 0.3 is 6.18 Å². The number of carbonyl (C=O) groups is 2. The molecule has 36 heavy (non-hydrogen) atoms. The molecule has 1 aliphatic rings. The van der Waals surface area contributed by atoms with Crippen molar-refractivity contribution in [3.05, 3.63) is 102 Å². The van der Waals surface area contributed by atoms with Gasteiger partial charge in [0.05, 0.1) is 11.9 Å². The Kier molecular flexibility index (Phi) is 6.05. The number of hydrogen-bond acceptors (Lipinski definition) is 3. The van der Waals surface area contributed by atoms with E-state index in [1.54, 1.807) is 58.5 Å². The molecule has 0 fully saturated rings. The van der Waals surface area contributed by atoms with Gasteiger partial charge in [0.15, 0.2) is 0 Å². The topological polar surface area (TPSA) is 67.2 Å². The maximum absolute atomic E-state index is 13.1. The van der Waals surface area contributed by atoms with Crippen LogP contribution in [-0.2, 0) is 23.9 Å². The minimum atomic E-state index is -4.43. The number of hydrogen-bond donors (Lipinski definition) is 1. The Morgan fingerprint density at radius 2 is 1.78 bits per heavy atom. The lowest BCUT2D eigenvalue weighted by atomic mass is 9.98. The van der Waals surface area contributed by atoms with E-state index in [0.717, 1.165) is 23.4 Å². The minimum Gasteiger partial charge on any atom is -0.328 e. The van der Waals surface area contributed by atoms with Crippen molar-refractivity contribution < 1.29 is 22.8 Å². The van der Waals surface area contributed by atoms with E-state index >= 15 is 0 Å². The van der Waals surface area contributed by atoms with E-state index in [4.69, 9.17) is 0 Å². The third-order valence-electron chi connectivity index (χ3n) is 6.11. The SMILES string of the molecule is O=C(Nc1ccc2c(c1)CCN2C(=O)Cn1ccnc1)c1ccccc1-c1ccc(C(F)(F)F)cc1. The van der Waals surface area contributed by atoms with Crippen molar-refractivity contribution in [2.45, 2.75) is 19.1 Å². The van der Waals surface area contributed by atoms with E-state index in [9.17, 15) is 22.8 Å². The van der Waals surface area contributed by atoms with Crippen molar-refractivity contribution in [1.82, 2.24) is 9.55 Å². The lowest BCUT2D eigenvalue weighted by Crippen LogP contribution is -2.31. The zero-order valence-corrected chi connectivity index (χ0v) is 19.0. The number of imidazole rings is 1. The molecular weight excluding hydrogens is 469 g/mol. The average Bonchev–Trinajstić information content (AvgIpc) is 3.53. The summed E-state index contributed by atoms with van der Waals surface area (Å²) in [7, 11) is 0. The molecule has 182 valence electrons. The molecule has 3 aromatic carbocycles. The summed E-state index contributed by atoms with van der Waals surface area (Å²) in [5.74, 6) is -0.425. The van der Waals surface area contributed by atoms with Crippen LogP contribution in [0.2, 0.25) is 0 Å². The van der Waals surface area contributed by atoms with Crippen molar-refractivity contribution in [3.8, 4) is 11.1 Å². The average molecular weight is 490 g/mol. The molecule has 1 aliphatic heterocycles. The Morgan fingerprint density at radius 3 is 2.50 bits per heavy atom. The fourth-order valence-electron chi connectivity index (χ4n) is 4.33. The molecule has 1 N–H and O–H groups in total. The second kappa shape index (κ2) is 9.33. The van der Waals surface area contributed by atoms with Crippen molar-refractivity contribution in [2.24, 2.45) is 0 Å². The first-order chi connectivity index (χ1) is 17.3. The highest BCUT2D eigenvalue weighted by Gasteiger charge is 2.30. The predicted molar refractivity (Wildman–Crippen MR) is 130 cm³/mol. The molecular formula is C27H21F3N4O2. The van der Waals surface area contributed by atoms with Crippen molar-refractivity contribution in [3.63, 3.8) is 0 Å². The molecule has 9 heteroatoms. The summed E-state index contributed by atoms with van der Waals surface area (Å²) in [6.45, 7) is 0.746. The molecule has 4 aromatic rings. The van der Waals surface area contributed by atoms with Crippen molar-refractivity contribution in [1.29, 1.82) is 0 Å². The number of halogens is 3. The van der Waals surface area contributed by atoms with Crippen LogP contribution in [0, 0.1) is 0 Å². The van der Waals surface area contributed by atoms with Crippen molar-refractivity contribution >= 4 is 23.2 Å². The van der Waals surface area contributed by atoms with Crippen LogP contribution in [0.15, 0.2) is 85.5 Å². The third-order valence-corrected chi connectivity index (χ3v) is 6.11. The van der Waals surface area contributed by atoms with Crippen LogP contribution in [0.1, 0.15) is 21.5 Å². The van der Waals surface area contributed by atoms with Crippen LogP contribution in [0.3, 0.4) is 0 Å². The van der Waals surface area contributed by atoms with Gasteiger partial charge in [-0.05, 0) is 59.5 Å². The Labute approximate surface area is 205 Å². The zero-order chi connectivity index (χ0) is 25.3. The number of carbonyl (C=O) groups excluding carboxylic acids is 2. The van der Waals surface area contributed by atoms with Gasteiger partial charge in [-0.1, -0.05) is 30.3 Å². The Balaban J connectivity index is 1.33. The zero-order valence-electron chi connectivity index (χ0n) is 19.0. The molecule has 0 radical (unpaired) electrons. The molecule has 0 atom stereocenters. The van der Waals surface area contributed by atoms with Gasteiger partial charge in [-0.15, -0.1) is 0 Å². The number of alkyl halides is 3. The highest BCUT2D eigenvalue weighted by atomic mass is 19.4. The molecule has 0 saturated carbocycles. The van der Waals surface area contributed by atoms with Crippen LogP contribution in [0.25, 0.3) is 11.1 Å². The Hall–Kier alpha value is -4.40. The molecule has 2 heterocycles. The predicted octanol–water partition coefficient (Wildman–Crippen LogP) is 5.41. The largest absolute Gasteiger partial charge is 0.416 e. The van der Waals surface area contributed by atoms with E-state index < -0.39 is 11.7 Å². The number of nitrogens with one attached hydrogen (secondary N) is 1. The maximum Gasteiger partial charge on any atom is 0.416 e. The molecule has 5 rings (SSSR count). The van der Waals surface area contributed by atoms with Crippen LogP contribution in [-0.4, -0.2) is 27.9 Å². The van der Waals surface area contributed by atoms with E-state index in [-0.39, 0.29) is 18.4 Å². The lowest BCUT2D eigenvalue weighted by molar-refractivity contribution is -0.137. The highest BCUT2D eigenvalue weighted by Crippen LogP contribution is 2.33. The maximum atomic E-state index is 13.1. The third kappa shape index (κ3) is 4.72. The van der Waals surface area contributed by atoms with Gasteiger partial charge in [-0.3, -0.25) is 9.59 Å². The summed E-state index contributed by atoms with van der Waals surface area (Å²) in [5, 5.41) is 2.88. The summed E-state index contributed by atoms with van der Waals surface area (Å²) in [6, 6.07) is 16.9. The molecule has 0 spiro atoms. The normalized spacial score (nSPS) is 12.9. The van der Waals surface area contributed by atoms with E-state index in [0.29, 0.717) is 35.3 Å². The molecule has 0 saturated heterocycles. The number of fused-ring (bicyclic) bond motifs is 1. The molecule has 2 amide bonds. The van der Waals surface area contributed by atoms with Gasteiger partial charge in [0.25, 0.3) is 5.91 Å². The first kappa shape index (κ1) is 23.3. The number of rotatable bonds is 5. The number of amides is 2. The second-order valence-electron chi connectivity index (χ2n) is 8.45. The first-order valence-electron chi connectivity index (χ1n) is 11.3. The van der Waals surface area contributed by atoms with Crippen molar-refractivity contribution in [2.75, 3.05) is 16.8 Å². The first-order valence-corrected chi connectivity index (χ1v) is 11.3. The number of aromatic nitrogens is 2. The summed E-state index contributed by atoms with van der Waals surface area (Å²) in [5.41, 5.74) is 2.96. The van der Waals surface area contributed by atoms with Gasteiger partial charge in [0.1, 0.15) is 6.54 Å². The van der Waals surface area contributed by atoms with Crippen LogP contribution in [0.5, 0.6) is 0 Å². The van der Waals surface area contributed by atoms with Gasteiger partial charge < -0.3 is 14.8 Å². The Bertz CT molecular complexity index is 1410. The van der Waals surface area contributed by atoms with Gasteiger partial charge in [-0.2, -0.15) is 13.2 Å². The summed E-state index contributed by atoms with van der Waals surface area (Å²) in [6.07, 6.45) is 1.18. The fourth-order valence-corrected chi connectivity index (χ4v) is 4.33. The summed E-state index contributed by atoms with van der Waals surface area (Å²) in [4.78, 5) is 31.5. The van der Waals surface area contributed by atoms with Gasteiger partial charge in [0.2, 0.25) is 5.91 Å². The molecule has 0 bridgehead atoms. The summed E-state index contributed by atoms with van der Waals surface area (Å²) >= 11 is 0. The Morgan fingerprint density at radius 1 is 1.00 bits per heavy atom. The minimum absolute atomic E-state index is 0.0472. The quantitative estimate of drug-likeness (QED) is 0.407. The van der Waals surface area contributed by atoms with Crippen LogP contribution >= 0.6 is 0 Å². The fraction of sp³-hybridized carbons (Fsp3) is 0.148.